The minimum Gasteiger partial charge on any atom is -0.381 e. The summed E-state index contributed by atoms with van der Waals surface area (Å²) in [6, 6.07) is 2.02. The highest BCUT2D eigenvalue weighted by atomic mass is 79.9. The normalized spacial score (nSPS) is 13.3. The van der Waals surface area contributed by atoms with E-state index in [1.54, 1.807) is 10.9 Å². The predicted molar refractivity (Wildman–Crippen MR) is 81.4 cm³/mol. The number of aromatic nitrogens is 2. The molecule has 0 spiro atoms. The van der Waals surface area contributed by atoms with Gasteiger partial charge in [-0.1, -0.05) is 11.6 Å². The van der Waals surface area contributed by atoms with Gasteiger partial charge >= 0.3 is 0 Å². The van der Waals surface area contributed by atoms with Gasteiger partial charge in [-0.25, -0.2) is 0 Å². The van der Waals surface area contributed by atoms with E-state index in [4.69, 9.17) is 11.6 Å². The molecule has 98 valence electrons. The first kappa shape index (κ1) is 14.5. The van der Waals surface area contributed by atoms with Crippen molar-refractivity contribution < 1.29 is 5.11 Å². The number of thiophene rings is 1. The van der Waals surface area contributed by atoms with Crippen LogP contribution in [0.25, 0.3) is 0 Å². The lowest BCUT2D eigenvalue weighted by atomic mass is 10.2. The molecule has 0 amide bonds. The second kappa shape index (κ2) is 5.63. The van der Waals surface area contributed by atoms with Crippen molar-refractivity contribution in [2.75, 3.05) is 0 Å². The van der Waals surface area contributed by atoms with E-state index in [1.807, 2.05) is 19.9 Å². The first-order valence-electron chi connectivity index (χ1n) is 5.27. The molecule has 7 heteroatoms. The van der Waals surface area contributed by atoms with Crippen LogP contribution >= 0.6 is 54.8 Å². The van der Waals surface area contributed by atoms with E-state index in [9.17, 15) is 5.11 Å². The minimum atomic E-state index is -0.738. The zero-order valence-corrected chi connectivity index (χ0v) is 14.4. The molecular weight excluding hydrogens is 403 g/mol. The third-order valence-electron chi connectivity index (χ3n) is 2.47. The summed E-state index contributed by atoms with van der Waals surface area (Å²) in [5.74, 6) is 0. The molecule has 0 bridgehead atoms. The van der Waals surface area contributed by atoms with Crippen LogP contribution in [-0.2, 0) is 0 Å². The van der Waals surface area contributed by atoms with Crippen LogP contribution in [-0.4, -0.2) is 14.9 Å². The fraction of sp³-hybridized carbons (Fsp3) is 0.364. The molecule has 1 atom stereocenters. The lowest BCUT2D eigenvalue weighted by Gasteiger charge is -2.15. The largest absolute Gasteiger partial charge is 0.381 e. The van der Waals surface area contributed by atoms with Gasteiger partial charge in [0.05, 0.1) is 16.4 Å². The first-order valence-corrected chi connectivity index (χ1v) is 8.05. The Morgan fingerprint density at radius 1 is 1.39 bits per heavy atom. The smallest absolute Gasteiger partial charge is 0.131 e. The van der Waals surface area contributed by atoms with Crippen molar-refractivity contribution in [3.8, 4) is 0 Å². The molecule has 0 aromatic carbocycles. The summed E-state index contributed by atoms with van der Waals surface area (Å²) in [6.45, 7) is 4.04. The van der Waals surface area contributed by atoms with Crippen LogP contribution in [0.2, 0.25) is 4.34 Å². The third kappa shape index (κ3) is 2.67. The van der Waals surface area contributed by atoms with Crippen molar-refractivity contribution in [3.63, 3.8) is 0 Å². The quantitative estimate of drug-likeness (QED) is 0.785. The molecular formula is C11H11Br2ClN2OS. The molecule has 0 radical (unpaired) electrons. The SMILES string of the molecule is CC(C)n1ncc(Br)c1C(O)c1cc(Br)c(Cl)s1. The maximum atomic E-state index is 10.5. The molecule has 0 fully saturated rings. The van der Waals surface area contributed by atoms with Gasteiger partial charge in [0, 0.05) is 15.4 Å². The molecule has 1 N–H and O–H groups in total. The van der Waals surface area contributed by atoms with Crippen LogP contribution in [0.15, 0.2) is 21.2 Å². The van der Waals surface area contributed by atoms with Gasteiger partial charge in [-0.2, -0.15) is 5.10 Å². The first-order chi connectivity index (χ1) is 8.41. The lowest BCUT2D eigenvalue weighted by molar-refractivity contribution is 0.208. The highest BCUT2D eigenvalue weighted by Gasteiger charge is 2.23. The van der Waals surface area contributed by atoms with E-state index in [2.05, 4.69) is 37.0 Å². The van der Waals surface area contributed by atoms with Gasteiger partial charge in [-0.15, -0.1) is 11.3 Å². The number of hydrogen-bond acceptors (Lipinski definition) is 3. The molecule has 2 aromatic rings. The molecule has 0 aliphatic carbocycles. The van der Waals surface area contributed by atoms with Crippen LogP contribution in [0.3, 0.4) is 0 Å². The van der Waals surface area contributed by atoms with E-state index in [0.29, 0.717) is 4.34 Å². The number of rotatable bonds is 3. The summed E-state index contributed by atoms with van der Waals surface area (Å²) in [5.41, 5.74) is 0.746. The Hall–Kier alpha value is 0.120. The predicted octanol–water partition coefficient (Wildman–Crippen LogP) is 4.79. The molecule has 0 saturated carbocycles. The fourth-order valence-corrected chi connectivity index (χ4v) is 3.87. The molecule has 3 nitrogen and oxygen atoms in total. The van der Waals surface area contributed by atoms with E-state index in [0.717, 1.165) is 19.5 Å². The Bertz CT molecular complexity index is 548. The maximum absolute atomic E-state index is 10.5. The van der Waals surface area contributed by atoms with Crippen molar-refractivity contribution >= 4 is 54.8 Å². The van der Waals surface area contributed by atoms with Gasteiger partial charge in [0.15, 0.2) is 0 Å². The molecule has 1 unspecified atom stereocenters. The summed E-state index contributed by atoms with van der Waals surface area (Å²) in [5, 5.41) is 14.7. The summed E-state index contributed by atoms with van der Waals surface area (Å²) in [4.78, 5) is 0.787. The standard InChI is InChI=1S/C11H11Br2ClN2OS/c1-5(2)16-9(7(13)4-15-16)10(17)8-3-6(12)11(14)18-8/h3-5,10,17H,1-2H3. The summed E-state index contributed by atoms with van der Waals surface area (Å²) in [7, 11) is 0. The Labute approximate surface area is 131 Å². The Kier molecular flexibility index (Phi) is 4.54. The molecule has 18 heavy (non-hydrogen) atoms. The van der Waals surface area contributed by atoms with Gasteiger partial charge < -0.3 is 5.11 Å². The van der Waals surface area contributed by atoms with Crippen molar-refractivity contribution in [2.24, 2.45) is 0 Å². The monoisotopic (exact) mass is 412 g/mol. The summed E-state index contributed by atoms with van der Waals surface area (Å²) in [6.07, 6.45) is 0.959. The third-order valence-corrected chi connectivity index (χ3v) is 5.61. The minimum absolute atomic E-state index is 0.180. The number of aliphatic hydroxyl groups excluding tert-OH is 1. The van der Waals surface area contributed by atoms with E-state index in [1.165, 1.54) is 11.3 Å². The van der Waals surface area contributed by atoms with Gasteiger partial charge in [0.25, 0.3) is 0 Å². The van der Waals surface area contributed by atoms with E-state index in [-0.39, 0.29) is 6.04 Å². The number of halogens is 3. The van der Waals surface area contributed by atoms with E-state index >= 15 is 0 Å². The Balaban J connectivity index is 2.45. The second-order valence-corrected chi connectivity index (χ2v) is 7.48. The molecule has 0 saturated heterocycles. The highest BCUT2D eigenvalue weighted by molar-refractivity contribution is 9.10. The van der Waals surface area contributed by atoms with E-state index < -0.39 is 6.10 Å². The zero-order chi connectivity index (χ0) is 13.4. The highest BCUT2D eigenvalue weighted by Crippen LogP contribution is 2.39. The van der Waals surface area contributed by atoms with Gasteiger partial charge in [0.2, 0.25) is 0 Å². The second-order valence-electron chi connectivity index (χ2n) is 4.09. The molecule has 2 rings (SSSR count). The van der Waals surface area contributed by atoms with Crippen LogP contribution in [0.4, 0.5) is 0 Å². The molecule has 2 heterocycles. The maximum Gasteiger partial charge on any atom is 0.131 e. The average Bonchev–Trinajstić information content (AvgIpc) is 2.83. The zero-order valence-electron chi connectivity index (χ0n) is 9.69. The van der Waals surface area contributed by atoms with Crippen LogP contribution in [0, 0.1) is 0 Å². The van der Waals surface area contributed by atoms with Crippen molar-refractivity contribution in [2.45, 2.75) is 26.0 Å². The van der Waals surface area contributed by atoms with Crippen LogP contribution < -0.4 is 0 Å². The van der Waals surface area contributed by atoms with Crippen molar-refractivity contribution in [3.05, 3.63) is 36.1 Å². The summed E-state index contributed by atoms with van der Waals surface area (Å²) < 4.78 is 4.03. The molecule has 0 aliphatic heterocycles. The molecule has 0 aliphatic rings. The van der Waals surface area contributed by atoms with Gasteiger partial charge in [-0.05, 0) is 51.8 Å². The number of aliphatic hydroxyl groups is 1. The van der Waals surface area contributed by atoms with Crippen LogP contribution in [0.5, 0.6) is 0 Å². The number of hydrogen-bond donors (Lipinski definition) is 1. The van der Waals surface area contributed by atoms with Crippen molar-refractivity contribution in [1.82, 2.24) is 9.78 Å². The van der Waals surface area contributed by atoms with Crippen LogP contribution in [0.1, 0.15) is 36.6 Å². The van der Waals surface area contributed by atoms with Gasteiger partial charge in [-0.3, -0.25) is 4.68 Å². The number of nitrogens with zero attached hydrogens (tertiary/aromatic N) is 2. The summed E-state index contributed by atoms with van der Waals surface area (Å²) >= 11 is 14.1. The van der Waals surface area contributed by atoms with Gasteiger partial charge in [0.1, 0.15) is 10.4 Å². The molecule has 2 aromatic heterocycles. The van der Waals surface area contributed by atoms with Crippen molar-refractivity contribution in [1.29, 1.82) is 0 Å². The Morgan fingerprint density at radius 3 is 2.56 bits per heavy atom. The average molecular weight is 415 g/mol. The lowest BCUT2D eigenvalue weighted by Crippen LogP contribution is -2.11. The fourth-order valence-electron chi connectivity index (χ4n) is 1.65. The topological polar surface area (TPSA) is 38.0 Å². The Morgan fingerprint density at radius 2 is 2.06 bits per heavy atom.